The maximum atomic E-state index is 11.3. The average Bonchev–Trinajstić information content (AvgIpc) is 2.44. The van der Waals surface area contributed by atoms with Gasteiger partial charge >= 0.3 is 5.69 Å². The maximum Gasteiger partial charge on any atom is 0.315 e. The smallest absolute Gasteiger partial charge is 0.315 e. The topological polar surface area (TPSA) is 96.9 Å². The second-order valence-electron chi connectivity index (χ2n) is 6.44. The quantitative estimate of drug-likeness (QED) is 0.676. The van der Waals surface area contributed by atoms with Crippen LogP contribution in [0.25, 0.3) is 0 Å². The molecule has 0 amide bonds. The largest absolute Gasteiger partial charge is 0.485 e. The van der Waals surface area contributed by atoms with Crippen LogP contribution in [-0.4, -0.2) is 29.3 Å². The fourth-order valence-electron chi connectivity index (χ4n) is 2.53. The molecule has 1 saturated carbocycles. The number of nitrogens with two attached hydrogens (primary N) is 1. The van der Waals surface area contributed by atoms with Crippen LogP contribution in [0.15, 0.2) is 12.1 Å². The minimum Gasteiger partial charge on any atom is -0.485 e. The number of nitrogens with zero attached hydrogens (tertiary/aromatic N) is 1. The number of hydrogen-bond donors (Lipinski definition) is 1. The summed E-state index contributed by atoms with van der Waals surface area (Å²) < 4.78 is 17.0. The van der Waals surface area contributed by atoms with Gasteiger partial charge < -0.3 is 19.9 Å². The molecule has 7 heteroatoms. The second-order valence-corrected chi connectivity index (χ2v) is 6.44. The van der Waals surface area contributed by atoms with Crippen LogP contribution in [0.5, 0.6) is 11.5 Å². The van der Waals surface area contributed by atoms with Gasteiger partial charge in [-0.2, -0.15) is 0 Å². The van der Waals surface area contributed by atoms with Crippen LogP contribution in [0.1, 0.15) is 32.3 Å². The van der Waals surface area contributed by atoms with Gasteiger partial charge in [0.15, 0.2) is 5.75 Å². The summed E-state index contributed by atoms with van der Waals surface area (Å²) in [7, 11) is 0. The van der Waals surface area contributed by atoms with Crippen molar-refractivity contribution in [3.63, 3.8) is 0 Å². The Kier molecular flexibility index (Phi) is 3.70. The van der Waals surface area contributed by atoms with E-state index < -0.39 is 10.5 Å². The lowest BCUT2D eigenvalue weighted by Gasteiger charge is -2.34. The standard InChI is InChI=1S/C15H20N2O5/c1-15(2)8-21-13-6-9(7-20-12-4-3-10(12)16)5-11(17(18)19)14(13)22-15/h5-6,10,12H,3-4,7-8,16H2,1-2H3/t10-,12-/m1/s1. The Hall–Kier alpha value is -1.86. The zero-order valence-corrected chi connectivity index (χ0v) is 12.7. The molecule has 7 nitrogen and oxygen atoms in total. The van der Waals surface area contributed by atoms with Gasteiger partial charge in [0.1, 0.15) is 12.2 Å². The van der Waals surface area contributed by atoms with Crippen molar-refractivity contribution in [2.24, 2.45) is 5.73 Å². The van der Waals surface area contributed by atoms with Crippen molar-refractivity contribution < 1.29 is 19.1 Å². The van der Waals surface area contributed by atoms with Crippen LogP contribution in [0.2, 0.25) is 0 Å². The molecule has 0 radical (unpaired) electrons. The molecule has 0 saturated heterocycles. The summed E-state index contributed by atoms with van der Waals surface area (Å²) in [5.41, 5.74) is 5.83. The number of nitro groups is 1. The van der Waals surface area contributed by atoms with Gasteiger partial charge in [-0.15, -0.1) is 0 Å². The average molecular weight is 308 g/mol. The highest BCUT2D eigenvalue weighted by atomic mass is 16.6. The van der Waals surface area contributed by atoms with Crippen molar-refractivity contribution in [3.05, 3.63) is 27.8 Å². The Labute approximate surface area is 128 Å². The van der Waals surface area contributed by atoms with E-state index in [-0.39, 0.29) is 30.2 Å². The van der Waals surface area contributed by atoms with Crippen LogP contribution in [0, 0.1) is 10.1 Å². The molecule has 22 heavy (non-hydrogen) atoms. The number of hydrogen-bond acceptors (Lipinski definition) is 6. The third kappa shape index (κ3) is 2.86. The highest BCUT2D eigenvalue weighted by Gasteiger charge is 2.34. The molecule has 0 unspecified atom stereocenters. The molecule has 2 aliphatic rings. The maximum absolute atomic E-state index is 11.3. The Bertz CT molecular complexity index is 602. The van der Waals surface area contributed by atoms with Crippen LogP contribution >= 0.6 is 0 Å². The molecule has 0 aromatic heterocycles. The predicted octanol–water partition coefficient (Wildman–Crippen LogP) is 2.15. The zero-order chi connectivity index (χ0) is 15.9. The van der Waals surface area contributed by atoms with E-state index in [4.69, 9.17) is 19.9 Å². The van der Waals surface area contributed by atoms with Crippen molar-refractivity contribution in [1.82, 2.24) is 0 Å². The Balaban J connectivity index is 1.84. The second kappa shape index (κ2) is 5.40. The fraction of sp³-hybridized carbons (Fsp3) is 0.600. The molecule has 1 aromatic rings. The van der Waals surface area contributed by atoms with Crippen molar-refractivity contribution in [3.8, 4) is 11.5 Å². The van der Waals surface area contributed by atoms with Crippen molar-refractivity contribution >= 4 is 5.69 Å². The molecule has 1 fully saturated rings. The van der Waals surface area contributed by atoms with Crippen LogP contribution in [0.4, 0.5) is 5.69 Å². The summed E-state index contributed by atoms with van der Waals surface area (Å²) in [5, 5.41) is 11.3. The van der Waals surface area contributed by atoms with E-state index in [9.17, 15) is 10.1 Å². The first-order chi connectivity index (χ1) is 10.4. The number of rotatable bonds is 4. The van der Waals surface area contributed by atoms with E-state index >= 15 is 0 Å². The van der Waals surface area contributed by atoms with Gasteiger partial charge in [0.05, 0.1) is 17.6 Å². The molecule has 1 aliphatic carbocycles. The number of ether oxygens (including phenoxy) is 3. The lowest BCUT2D eigenvalue weighted by atomic mass is 9.90. The number of nitro benzene ring substituents is 1. The van der Waals surface area contributed by atoms with E-state index in [0.717, 1.165) is 12.8 Å². The molecule has 120 valence electrons. The highest BCUT2D eigenvalue weighted by molar-refractivity contribution is 5.59. The fourth-order valence-corrected chi connectivity index (χ4v) is 2.53. The lowest BCUT2D eigenvalue weighted by molar-refractivity contribution is -0.386. The summed E-state index contributed by atoms with van der Waals surface area (Å²) in [4.78, 5) is 10.8. The van der Waals surface area contributed by atoms with E-state index in [1.165, 1.54) is 6.07 Å². The third-order valence-corrected chi connectivity index (χ3v) is 3.97. The zero-order valence-electron chi connectivity index (χ0n) is 12.7. The van der Waals surface area contributed by atoms with Crippen LogP contribution in [0.3, 0.4) is 0 Å². The van der Waals surface area contributed by atoms with Gasteiger partial charge in [-0.3, -0.25) is 10.1 Å². The Morgan fingerprint density at radius 2 is 2.23 bits per heavy atom. The van der Waals surface area contributed by atoms with Gasteiger partial charge in [0.25, 0.3) is 0 Å². The monoisotopic (exact) mass is 308 g/mol. The molecular formula is C15H20N2O5. The van der Waals surface area contributed by atoms with Crippen molar-refractivity contribution in [1.29, 1.82) is 0 Å². The summed E-state index contributed by atoms with van der Waals surface area (Å²) in [6, 6.07) is 3.28. The van der Waals surface area contributed by atoms with Crippen LogP contribution in [-0.2, 0) is 11.3 Å². The van der Waals surface area contributed by atoms with Gasteiger partial charge in [-0.25, -0.2) is 0 Å². The van der Waals surface area contributed by atoms with E-state index in [1.54, 1.807) is 6.07 Å². The normalized spacial score (nSPS) is 25.4. The summed E-state index contributed by atoms with van der Waals surface area (Å²) in [6.45, 7) is 4.28. The molecule has 1 aliphatic heterocycles. The SMILES string of the molecule is CC1(C)COc2cc(CO[C@@H]3CC[C@H]3N)cc([N+](=O)[O-])c2O1. The predicted molar refractivity (Wildman–Crippen MR) is 79.1 cm³/mol. The van der Waals surface area contributed by atoms with E-state index in [0.29, 0.717) is 17.9 Å². The number of benzene rings is 1. The highest BCUT2D eigenvalue weighted by Crippen LogP contribution is 2.43. The summed E-state index contributed by atoms with van der Waals surface area (Å²) in [6.07, 6.45) is 1.93. The molecule has 0 spiro atoms. The first-order valence-electron chi connectivity index (χ1n) is 7.36. The van der Waals surface area contributed by atoms with E-state index in [2.05, 4.69) is 0 Å². The molecule has 0 bridgehead atoms. The Morgan fingerprint density at radius 1 is 1.45 bits per heavy atom. The first kappa shape index (κ1) is 15.1. The van der Waals surface area contributed by atoms with E-state index in [1.807, 2.05) is 13.8 Å². The summed E-state index contributed by atoms with van der Waals surface area (Å²) >= 11 is 0. The van der Waals surface area contributed by atoms with Crippen molar-refractivity contribution in [2.45, 2.75) is 51.0 Å². The minimum atomic E-state index is -0.589. The molecule has 2 N–H and O–H groups in total. The van der Waals surface area contributed by atoms with Crippen LogP contribution < -0.4 is 15.2 Å². The molecular weight excluding hydrogens is 288 g/mol. The van der Waals surface area contributed by atoms with Gasteiger partial charge in [-0.05, 0) is 38.3 Å². The third-order valence-electron chi connectivity index (χ3n) is 3.97. The van der Waals surface area contributed by atoms with Gasteiger partial charge in [0.2, 0.25) is 5.75 Å². The lowest BCUT2D eigenvalue weighted by Crippen LogP contribution is -2.45. The minimum absolute atomic E-state index is 0.0335. The molecule has 1 heterocycles. The van der Waals surface area contributed by atoms with Gasteiger partial charge in [0, 0.05) is 12.1 Å². The van der Waals surface area contributed by atoms with Gasteiger partial charge in [-0.1, -0.05) is 0 Å². The Morgan fingerprint density at radius 3 is 2.82 bits per heavy atom. The first-order valence-corrected chi connectivity index (χ1v) is 7.36. The molecule has 2 atom stereocenters. The van der Waals surface area contributed by atoms with Crippen molar-refractivity contribution in [2.75, 3.05) is 6.61 Å². The summed E-state index contributed by atoms with van der Waals surface area (Å²) in [5.74, 6) is 0.579. The molecule has 3 rings (SSSR count). The number of fused-ring (bicyclic) bond motifs is 1. The molecule has 1 aromatic carbocycles.